The highest BCUT2D eigenvalue weighted by Gasteiger charge is 2.25. The zero-order chi connectivity index (χ0) is 11.8. The molecule has 0 bridgehead atoms. The number of hydrogen-bond acceptors (Lipinski definition) is 4. The molecule has 90 valence electrons. The van der Waals surface area contributed by atoms with E-state index in [2.05, 4.69) is 5.10 Å². The van der Waals surface area contributed by atoms with Crippen LogP contribution >= 0.6 is 0 Å². The van der Waals surface area contributed by atoms with E-state index in [1.807, 2.05) is 4.68 Å². The van der Waals surface area contributed by atoms with Gasteiger partial charge in [0.1, 0.15) is 0 Å². The van der Waals surface area contributed by atoms with Crippen LogP contribution in [0.2, 0.25) is 0 Å². The highest BCUT2D eigenvalue weighted by Crippen LogP contribution is 2.23. The zero-order valence-corrected chi connectivity index (χ0v) is 10.0. The van der Waals surface area contributed by atoms with E-state index >= 15 is 0 Å². The lowest BCUT2D eigenvalue weighted by molar-refractivity contribution is 0.262. The summed E-state index contributed by atoms with van der Waals surface area (Å²) in [7, 11) is -3.05. The Hall–Kier alpha value is -1.08. The van der Waals surface area contributed by atoms with Gasteiger partial charge in [-0.15, -0.1) is 0 Å². The number of anilines is 1. The minimum Gasteiger partial charge on any atom is -0.396 e. The third-order valence-corrected chi connectivity index (χ3v) is 4.19. The maximum Gasteiger partial charge on any atom is 0.211 e. The minimum absolute atomic E-state index is 0.260. The molecular formula is C9H16N4O2S. The van der Waals surface area contributed by atoms with E-state index in [-0.39, 0.29) is 6.04 Å². The average Bonchev–Trinajstić information content (AvgIpc) is 2.64. The van der Waals surface area contributed by atoms with Crippen LogP contribution in [-0.4, -0.2) is 41.8 Å². The molecule has 2 N–H and O–H groups in total. The first-order valence-corrected chi connectivity index (χ1v) is 7.06. The van der Waals surface area contributed by atoms with Gasteiger partial charge in [0, 0.05) is 19.3 Å². The maximum absolute atomic E-state index is 11.3. The molecule has 1 aromatic rings. The fraction of sp³-hybridized carbons (Fsp3) is 0.667. The number of sulfonamides is 1. The molecule has 0 amide bonds. The molecule has 0 unspecified atom stereocenters. The highest BCUT2D eigenvalue weighted by molar-refractivity contribution is 7.88. The highest BCUT2D eigenvalue weighted by atomic mass is 32.2. The molecule has 1 aromatic heterocycles. The topological polar surface area (TPSA) is 81.2 Å². The Morgan fingerprint density at radius 2 is 2.06 bits per heavy atom. The van der Waals surface area contributed by atoms with Crippen molar-refractivity contribution in [1.82, 2.24) is 14.1 Å². The second kappa shape index (κ2) is 4.06. The van der Waals surface area contributed by atoms with Crippen LogP contribution in [0.5, 0.6) is 0 Å². The van der Waals surface area contributed by atoms with Crippen molar-refractivity contribution in [3.63, 3.8) is 0 Å². The molecule has 2 heterocycles. The number of nitrogens with zero attached hydrogens (tertiary/aromatic N) is 3. The maximum atomic E-state index is 11.3. The van der Waals surface area contributed by atoms with Crippen molar-refractivity contribution in [2.45, 2.75) is 18.9 Å². The summed E-state index contributed by atoms with van der Waals surface area (Å²) in [6.45, 7) is 1.12. The Labute approximate surface area is 95.1 Å². The summed E-state index contributed by atoms with van der Waals surface area (Å²) >= 11 is 0. The van der Waals surface area contributed by atoms with Crippen molar-refractivity contribution in [3.8, 4) is 0 Å². The van der Waals surface area contributed by atoms with Crippen molar-refractivity contribution >= 4 is 15.7 Å². The Morgan fingerprint density at radius 3 is 2.50 bits per heavy atom. The molecule has 2 rings (SSSR count). The van der Waals surface area contributed by atoms with Crippen LogP contribution in [0.3, 0.4) is 0 Å². The number of hydrogen-bond donors (Lipinski definition) is 1. The average molecular weight is 244 g/mol. The first-order chi connectivity index (χ1) is 7.47. The van der Waals surface area contributed by atoms with Gasteiger partial charge in [-0.3, -0.25) is 4.68 Å². The second-order valence-corrected chi connectivity index (χ2v) is 6.13. The molecule has 0 radical (unpaired) electrons. The van der Waals surface area contributed by atoms with Gasteiger partial charge in [-0.05, 0) is 12.8 Å². The van der Waals surface area contributed by atoms with E-state index in [4.69, 9.17) is 5.73 Å². The van der Waals surface area contributed by atoms with E-state index < -0.39 is 10.0 Å². The monoisotopic (exact) mass is 244 g/mol. The van der Waals surface area contributed by atoms with E-state index in [0.717, 1.165) is 12.8 Å². The molecule has 16 heavy (non-hydrogen) atoms. The predicted molar refractivity (Wildman–Crippen MR) is 61.3 cm³/mol. The van der Waals surface area contributed by atoms with Gasteiger partial charge in [-0.2, -0.15) is 5.10 Å². The summed E-state index contributed by atoms with van der Waals surface area (Å²) in [6.07, 6.45) is 6.23. The quantitative estimate of drug-likeness (QED) is 0.797. The van der Waals surface area contributed by atoms with Crippen molar-refractivity contribution in [2.75, 3.05) is 25.1 Å². The molecule has 0 saturated carbocycles. The normalized spacial score (nSPS) is 20.1. The molecule has 0 aliphatic carbocycles. The van der Waals surface area contributed by atoms with Gasteiger partial charge in [0.25, 0.3) is 0 Å². The lowest BCUT2D eigenvalue weighted by Crippen LogP contribution is -2.38. The molecule has 0 spiro atoms. The van der Waals surface area contributed by atoms with Gasteiger partial charge in [0.15, 0.2) is 0 Å². The molecule has 1 aliphatic rings. The van der Waals surface area contributed by atoms with E-state index in [0.29, 0.717) is 18.8 Å². The zero-order valence-electron chi connectivity index (χ0n) is 9.20. The standard InChI is InChI=1S/C9H16N4O2S/c1-16(14,15)12-4-2-9(3-5-12)13-7-8(10)6-11-13/h6-7,9H,2-5,10H2,1H3. The Morgan fingerprint density at radius 1 is 1.44 bits per heavy atom. The summed E-state index contributed by atoms with van der Waals surface area (Å²) < 4.78 is 26.0. The second-order valence-electron chi connectivity index (χ2n) is 4.15. The molecule has 0 aromatic carbocycles. The van der Waals surface area contributed by atoms with Crippen molar-refractivity contribution in [1.29, 1.82) is 0 Å². The molecule has 0 atom stereocenters. The van der Waals surface area contributed by atoms with Crippen LogP contribution in [0.1, 0.15) is 18.9 Å². The Bertz CT molecular complexity index is 460. The van der Waals surface area contributed by atoms with Crippen molar-refractivity contribution < 1.29 is 8.42 Å². The summed E-state index contributed by atoms with van der Waals surface area (Å²) in [5.41, 5.74) is 6.24. The number of aromatic nitrogens is 2. The molecule has 1 aliphatic heterocycles. The summed E-state index contributed by atoms with van der Waals surface area (Å²) in [4.78, 5) is 0. The molecule has 6 nitrogen and oxygen atoms in total. The van der Waals surface area contributed by atoms with Crippen LogP contribution in [0.15, 0.2) is 12.4 Å². The van der Waals surface area contributed by atoms with Gasteiger partial charge in [0.05, 0.1) is 24.2 Å². The van der Waals surface area contributed by atoms with Crippen molar-refractivity contribution in [2.24, 2.45) is 0 Å². The van der Waals surface area contributed by atoms with Gasteiger partial charge < -0.3 is 5.73 Å². The number of nitrogen functional groups attached to an aromatic ring is 1. The fourth-order valence-electron chi connectivity index (χ4n) is 1.99. The minimum atomic E-state index is -3.05. The largest absolute Gasteiger partial charge is 0.396 e. The van der Waals surface area contributed by atoms with Gasteiger partial charge >= 0.3 is 0 Å². The number of nitrogens with two attached hydrogens (primary N) is 1. The first kappa shape index (κ1) is 11.4. The van der Waals surface area contributed by atoms with Gasteiger partial charge in [0.2, 0.25) is 10.0 Å². The molecular weight excluding hydrogens is 228 g/mol. The number of rotatable bonds is 2. The van der Waals surface area contributed by atoms with Gasteiger partial charge in [-0.1, -0.05) is 0 Å². The lowest BCUT2D eigenvalue weighted by atomic mass is 10.1. The molecule has 1 saturated heterocycles. The summed E-state index contributed by atoms with van der Waals surface area (Å²) in [5, 5.41) is 4.15. The van der Waals surface area contributed by atoms with E-state index in [1.54, 1.807) is 12.4 Å². The van der Waals surface area contributed by atoms with Crippen LogP contribution in [0.25, 0.3) is 0 Å². The Kier molecular flexibility index (Phi) is 2.90. The first-order valence-electron chi connectivity index (χ1n) is 5.21. The molecule has 1 fully saturated rings. The lowest BCUT2D eigenvalue weighted by Gasteiger charge is -2.30. The summed E-state index contributed by atoms with van der Waals surface area (Å²) in [6, 6.07) is 0.260. The third kappa shape index (κ3) is 2.35. The molecule has 7 heteroatoms. The van der Waals surface area contributed by atoms with Crippen LogP contribution in [0.4, 0.5) is 5.69 Å². The van der Waals surface area contributed by atoms with Crippen molar-refractivity contribution in [3.05, 3.63) is 12.4 Å². The number of piperidine rings is 1. The van der Waals surface area contributed by atoms with E-state index in [1.165, 1.54) is 10.6 Å². The predicted octanol–water partition coefficient (Wildman–Crippen LogP) is 0.0618. The van der Waals surface area contributed by atoms with E-state index in [9.17, 15) is 8.42 Å². The van der Waals surface area contributed by atoms with Crippen LogP contribution in [-0.2, 0) is 10.0 Å². The van der Waals surface area contributed by atoms with Gasteiger partial charge in [-0.25, -0.2) is 12.7 Å². The SMILES string of the molecule is CS(=O)(=O)N1CCC(n2cc(N)cn2)CC1. The Balaban J connectivity index is 2.00. The van der Waals surface area contributed by atoms with Crippen LogP contribution in [0, 0.1) is 0 Å². The smallest absolute Gasteiger partial charge is 0.211 e. The third-order valence-electron chi connectivity index (χ3n) is 2.89. The summed E-state index contributed by atoms with van der Waals surface area (Å²) in [5.74, 6) is 0. The fourth-order valence-corrected chi connectivity index (χ4v) is 2.86. The van der Waals surface area contributed by atoms with Crippen LogP contribution < -0.4 is 5.73 Å².